The average molecular weight is 304 g/mol. The number of hydrogen-bond donors (Lipinski definition) is 1. The molecule has 0 aliphatic heterocycles. The molecule has 0 fully saturated rings. The summed E-state index contributed by atoms with van der Waals surface area (Å²) < 4.78 is 5.97. The molecule has 1 N–H and O–H groups in total. The van der Waals surface area contributed by atoms with Gasteiger partial charge in [0.15, 0.2) is 0 Å². The van der Waals surface area contributed by atoms with E-state index in [1.807, 2.05) is 30.3 Å². The van der Waals surface area contributed by atoms with Crippen LogP contribution in [0, 0.1) is 13.8 Å². The summed E-state index contributed by atoms with van der Waals surface area (Å²) in [5, 5.41) is 3.29. The molecule has 1 aromatic heterocycles. The Morgan fingerprint density at radius 3 is 2.52 bits per heavy atom. The van der Waals surface area contributed by atoms with Crippen LogP contribution in [0.4, 0.5) is 5.82 Å². The molecule has 3 nitrogen and oxygen atoms in total. The van der Waals surface area contributed by atoms with Gasteiger partial charge in [0, 0.05) is 12.7 Å². The van der Waals surface area contributed by atoms with Crippen molar-refractivity contribution in [2.75, 3.05) is 5.32 Å². The van der Waals surface area contributed by atoms with Crippen LogP contribution in [0.2, 0.25) is 0 Å². The maximum Gasteiger partial charge on any atom is 0.130 e. The summed E-state index contributed by atoms with van der Waals surface area (Å²) in [5.41, 5.74) is 3.52. The van der Waals surface area contributed by atoms with Gasteiger partial charge in [-0.15, -0.1) is 0 Å². The van der Waals surface area contributed by atoms with E-state index < -0.39 is 0 Å². The molecular formula is C20H20N2O. The lowest BCUT2D eigenvalue weighted by molar-refractivity contribution is 0.478. The summed E-state index contributed by atoms with van der Waals surface area (Å²) in [6.07, 6.45) is 1.78. The van der Waals surface area contributed by atoms with Gasteiger partial charge < -0.3 is 10.1 Å². The Balaban J connectivity index is 1.64. The molecule has 3 heteroatoms. The molecule has 0 aliphatic rings. The number of pyridine rings is 1. The van der Waals surface area contributed by atoms with Gasteiger partial charge in [-0.3, -0.25) is 0 Å². The van der Waals surface area contributed by atoms with E-state index in [0.717, 1.165) is 29.4 Å². The normalized spacial score (nSPS) is 10.3. The van der Waals surface area contributed by atoms with E-state index in [0.29, 0.717) is 0 Å². The molecule has 23 heavy (non-hydrogen) atoms. The van der Waals surface area contributed by atoms with Crippen LogP contribution in [0.25, 0.3) is 0 Å². The molecule has 0 aliphatic carbocycles. The van der Waals surface area contributed by atoms with Crippen LogP contribution in [-0.4, -0.2) is 4.98 Å². The molecule has 3 aromatic rings. The first-order chi connectivity index (χ1) is 11.2. The van der Waals surface area contributed by atoms with Gasteiger partial charge >= 0.3 is 0 Å². The van der Waals surface area contributed by atoms with Crippen molar-refractivity contribution in [1.29, 1.82) is 0 Å². The molecule has 0 saturated heterocycles. The molecule has 2 aromatic carbocycles. The predicted octanol–water partition coefficient (Wildman–Crippen LogP) is 5.10. The van der Waals surface area contributed by atoms with Crippen molar-refractivity contribution < 1.29 is 4.74 Å². The zero-order chi connectivity index (χ0) is 16.1. The van der Waals surface area contributed by atoms with Crippen LogP contribution in [0.15, 0.2) is 66.9 Å². The third kappa shape index (κ3) is 4.10. The van der Waals surface area contributed by atoms with Crippen LogP contribution in [0.3, 0.4) is 0 Å². The molecule has 0 amide bonds. The second-order valence-corrected chi connectivity index (χ2v) is 5.58. The van der Waals surface area contributed by atoms with Crippen molar-refractivity contribution in [3.63, 3.8) is 0 Å². The third-order valence-electron chi connectivity index (χ3n) is 3.63. The number of ether oxygens (including phenoxy) is 1. The predicted molar refractivity (Wildman–Crippen MR) is 94.0 cm³/mol. The molecule has 3 rings (SSSR count). The zero-order valence-corrected chi connectivity index (χ0v) is 13.4. The van der Waals surface area contributed by atoms with Gasteiger partial charge in [0.05, 0.1) is 0 Å². The summed E-state index contributed by atoms with van der Waals surface area (Å²) in [5.74, 6) is 2.63. The molecule has 0 atom stereocenters. The van der Waals surface area contributed by atoms with Crippen molar-refractivity contribution in [3.05, 3.63) is 83.6 Å². The van der Waals surface area contributed by atoms with Gasteiger partial charge in [0.2, 0.25) is 0 Å². The van der Waals surface area contributed by atoms with Crippen LogP contribution in [0.5, 0.6) is 11.5 Å². The van der Waals surface area contributed by atoms with E-state index in [4.69, 9.17) is 4.74 Å². The number of aryl methyl sites for hydroxylation is 2. The molecule has 0 saturated carbocycles. The van der Waals surface area contributed by atoms with Crippen LogP contribution in [-0.2, 0) is 6.54 Å². The van der Waals surface area contributed by atoms with Gasteiger partial charge in [-0.05, 0) is 60.9 Å². The Bertz CT molecular complexity index is 767. The first-order valence-corrected chi connectivity index (χ1v) is 7.70. The SMILES string of the molecule is Cc1ccc(C)c(Oc2ccc(CNc3ccccn3)cc2)c1. The van der Waals surface area contributed by atoms with Crippen LogP contribution >= 0.6 is 0 Å². The number of hydrogen-bond acceptors (Lipinski definition) is 3. The number of anilines is 1. The molecule has 0 spiro atoms. The van der Waals surface area contributed by atoms with Crippen LogP contribution in [0.1, 0.15) is 16.7 Å². The minimum atomic E-state index is 0.737. The van der Waals surface area contributed by atoms with E-state index in [9.17, 15) is 0 Å². The lowest BCUT2D eigenvalue weighted by Gasteiger charge is -2.10. The van der Waals surface area contributed by atoms with E-state index in [-0.39, 0.29) is 0 Å². The number of nitrogens with one attached hydrogen (secondary N) is 1. The Morgan fingerprint density at radius 1 is 0.957 bits per heavy atom. The van der Waals surface area contributed by atoms with Gasteiger partial charge in [-0.25, -0.2) is 4.98 Å². The van der Waals surface area contributed by atoms with Gasteiger partial charge in [-0.1, -0.05) is 30.3 Å². The third-order valence-corrected chi connectivity index (χ3v) is 3.63. The standard InChI is InChI=1S/C20H20N2O/c1-15-6-7-16(2)19(13-15)23-18-10-8-17(9-11-18)14-22-20-5-3-4-12-21-20/h3-13H,14H2,1-2H3,(H,21,22). The Hall–Kier alpha value is -2.81. The van der Waals surface area contributed by atoms with Gasteiger partial charge in [0.25, 0.3) is 0 Å². The Labute approximate surface area is 137 Å². The molecule has 0 bridgehead atoms. The molecule has 116 valence electrons. The molecule has 0 radical (unpaired) electrons. The summed E-state index contributed by atoms with van der Waals surface area (Å²) in [6, 6.07) is 20.2. The lowest BCUT2D eigenvalue weighted by Crippen LogP contribution is -2.00. The summed E-state index contributed by atoms with van der Waals surface area (Å²) in [4.78, 5) is 4.25. The maximum atomic E-state index is 5.97. The van der Waals surface area contributed by atoms with E-state index >= 15 is 0 Å². The summed E-state index contributed by atoms with van der Waals surface area (Å²) in [6.45, 7) is 4.86. The molecule has 0 unspecified atom stereocenters. The molecular weight excluding hydrogens is 284 g/mol. The van der Waals surface area contributed by atoms with E-state index in [1.165, 1.54) is 11.1 Å². The highest BCUT2D eigenvalue weighted by Crippen LogP contribution is 2.26. The van der Waals surface area contributed by atoms with Crippen molar-refractivity contribution in [3.8, 4) is 11.5 Å². The largest absolute Gasteiger partial charge is 0.457 e. The number of rotatable bonds is 5. The summed E-state index contributed by atoms with van der Waals surface area (Å²) in [7, 11) is 0. The van der Waals surface area contributed by atoms with Crippen molar-refractivity contribution >= 4 is 5.82 Å². The summed E-state index contributed by atoms with van der Waals surface area (Å²) >= 11 is 0. The fraction of sp³-hybridized carbons (Fsp3) is 0.150. The first-order valence-electron chi connectivity index (χ1n) is 7.70. The van der Waals surface area contributed by atoms with Crippen molar-refractivity contribution in [1.82, 2.24) is 4.98 Å². The zero-order valence-electron chi connectivity index (χ0n) is 13.4. The van der Waals surface area contributed by atoms with E-state index in [2.05, 4.69) is 54.5 Å². The first kappa shape index (κ1) is 15.1. The maximum absolute atomic E-state index is 5.97. The highest BCUT2D eigenvalue weighted by Gasteiger charge is 2.02. The average Bonchev–Trinajstić information content (AvgIpc) is 2.58. The van der Waals surface area contributed by atoms with Crippen LogP contribution < -0.4 is 10.1 Å². The Kier molecular flexibility index (Phi) is 4.57. The number of benzene rings is 2. The fourth-order valence-electron chi connectivity index (χ4n) is 2.28. The highest BCUT2D eigenvalue weighted by molar-refractivity contribution is 5.41. The minimum absolute atomic E-state index is 0.737. The van der Waals surface area contributed by atoms with Gasteiger partial charge in [0.1, 0.15) is 17.3 Å². The van der Waals surface area contributed by atoms with Crippen molar-refractivity contribution in [2.24, 2.45) is 0 Å². The monoisotopic (exact) mass is 304 g/mol. The highest BCUT2D eigenvalue weighted by atomic mass is 16.5. The quantitative estimate of drug-likeness (QED) is 0.712. The molecule has 1 heterocycles. The number of aromatic nitrogens is 1. The smallest absolute Gasteiger partial charge is 0.130 e. The van der Waals surface area contributed by atoms with E-state index in [1.54, 1.807) is 6.20 Å². The second kappa shape index (κ2) is 6.97. The lowest BCUT2D eigenvalue weighted by atomic mass is 10.1. The topological polar surface area (TPSA) is 34.1 Å². The number of nitrogens with zero attached hydrogens (tertiary/aromatic N) is 1. The minimum Gasteiger partial charge on any atom is -0.457 e. The van der Waals surface area contributed by atoms with Crippen molar-refractivity contribution in [2.45, 2.75) is 20.4 Å². The fourth-order valence-corrected chi connectivity index (χ4v) is 2.28. The second-order valence-electron chi connectivity index (χ2n) is 5.58. The Morgan fingerprint density at radius 2 is 1.78 bits per heavy atom. The van der Waals surface area contributed by atoms with Gasteiger partial charge in [-0.2, -0.15) is 0 Å².